The number of hydrogen-bond acceptors (Lipinski definition) is 2. The minimum absolute atomic E-state index is 0.0833. The molecule has 0 saturated carbocycles. The van der Waals surface area contributed by atoms with Crippen molar-refractivity contribution >= 4 is 0 Å². The van der Waals surface area contributed by atoms with Crippen LogP contribution in [0.5, 0.6) is 0 Å². The minimum Gasteiger partial charge on any atom is -0.852 e. The van der Waals surface area contributed by atoms with Crippen LogP contribution in [0.2, 0.25) is 0 Å². The van der Waals surface area contributed by atoms with E-state index in [4.69, 9.17) is 0 Å². The fourth-order valence-electron chi connectivity index (χ4n) is 1.29. The van der Waals surface area contributed by atoms with E-state index in [1.165, 1.54) is 12.8 Å². The molecule has 2 aliphatic carbocycles. The van der Waals surface area contributed by atoms with Crippen LogP contribution in [0, 0.1) is 0 Å². The van der Waals surface area contributed by atoms with Crippen molar-refractivity contribution in [1.82, 2.24) is 0 Å². The third-order valence-electron chi connectivity index (χ3n) is 1.86. The van der Waals surface area contributed by atoms with E-state index in [1.807, 2.05) is 0 Å². The molecule has 2 aliphatic rings. The maximum Gasteiger partial charge on any atom is -0.0783 e. The van der Waals surface area contributed by atoms with Gasteiger partial charge < -0.3 is 10.2 Å². The summed E-state index contributed by atoms with van der Waals surface area (Å²) < 4.78 is 3.36. The summed E-state index contributed by atoms with van der Waals surface area (Å²) in [7, 11) is 0. The average Bonchev–Trinajstić information content (AvgIpc) is 2.89. The van der Waals surface area contributed by atoms with E-state index < -0.39 is 12.2 Å². The van der Waals surface area contributed by atoms with E-state index in [1.54, 1.807) is 35.5 Å². The van der Waals surface area contributed by atoms with Crippen LogP contribution < -0.4 is 10.2 Å². The van der Waals surface area contributed by atoms with E-state index in [0.717, 1.165) is 0 Å². The Hall–Kier alpha value is -0.406. The third kappa shape index (κ3) is 13.8. The zero-order valence-electron chi connectivity index (χ0n) is 12.3. The smallest absolute Gasteiger partial charge is 0.0783 e. The van der Waals surface area contributed by atoms with Crippen molar-refractivity contribution in [1.29, 1.82) is 0 Å². The van der Waals surface area contributed by atoms with Crippen molar-refractivity contribution < 1.29 is 29.4 Å². The molecular formula is C16H24O2Ti. The van der Waals surface area contributed by atoms with Crippen LogP contribution in [0.3, 0.4) is 0 Å². The maximum atomic E-state index is 9.53. The molecule has 0 fully saturated rings. The second kappa shape index (κ2) is 11.4. The standard InChI is InChI=1S/2C5H5.2C3H7O.Ti/c2*1-2-4-5-3-1;2*1-3(2)4;/h2*1-3H,4H2;2*3H,1-2H3;/q;;2*-1;+2. The molecular weight excluding hydrogens is 272 g/mol. The fraction of sp³-hybridized carbons (Fsp3) is 0.500. The second-order valence-corrected chi connectivity index (χ2v) is 7.27. The molecule has 0 saturated heterocycles. The van der Waals surface area contributed by atoms with Gasteiger partial charge in [-0.1, -0.05) is 27.7 Å². The van der Waals surface area contributed by atoms with Crippen LogP contribution in [-0.4, -0.2) is 12.2 Å². The Morgan fingerprint density at radius 1 is 0.842 bits per heavy atom. The van der Waals surface area contributed by atoms with Crippen LogP contribution >= 0.6 is 0 Å². The summed E-state index contributed by atoms with van der Waals surface area (Å²) in [6.07, 6.45) is 15.1. The summed E-state index contributed by atoms with van der Waals surface area (Å²) >= 11 is 0.0833. The molecule has 0 aromatic carbocycles. The zero-order valence-corrected chi connectivity index (χ0v) is 13.9. The molecule has 0 radical (unpaired) electrons. The van der Waals surface area contributed by atoms with Gasteiger partial charge in [-0.2, -0.15) is 0 Å². The summed E-state index contributed by atoms with van der Waals surface area (Å²) in [5.74, 6) is 0. The molecule has 0 spiro atoms. The quantitative estimate of drug-likeness (QED) is 0.734. The van der Waals surface area contributed by atoms with Crippen LogP contribution in [0.4, 0.5) is 0 Å². The molecule has 0 heterocycles. The van der Waals surface area contributed by atoms with Crippen molar-refractivity contribution in [3.05, 3.63) is 44.2 Å². The topological polar surface area (TPSA) is 46.1 Å². The van der Waals surface area contributed by atoms with Gasteiger partial charge in [-0.3, -0.25) is 0 Å². The monoisotopic (exact) mass is 296 g/mol. The van der Waals surface area contributed by atoms with Gasteiger partial charge in [-0.25, -0.2) is 0 Å². The Balaban J connectivity index is 0.000000342. The molecule has 0 amide bonds. The Bertz CT molecular complexity index is 310. The van der Waals surface area contributed by atoms with E-state index in [0.29, 0.717) is 0 Å². The van der Waals surface area contributed by atoms with E-state index in [9.17, 15) is 10.2 Å². The van der Waals surface area contributed by atoms with Gasteiger partial charge in [0.05, 0.1) is 0 Å². The van der Waals surface area contributed by atoms with Crippen molar-refractivity contribution in [3.63, 3.8) is 0 Å². The molecule has 0 atom stereocenters. The summed E-state index contributed by atoms with van der Waals surface area (Å²) in [6.45, 7) is 6.44. The summed E-state index contributed by atoms with van der Waals surface area (Å²) in [6, 6.07) is 0. The van der Waals surface area contributed by atoms with Crippen LogP contribution in [-0.2, 0) is 19.2 Å². The van der Waals surface area contributed by atoms with Gasteiger partial charge in [0.1, 0.15) is 0 Å². The normalized spacial score (nSPS) is 15.4. The SMILES string of the molecule is C1=CC[C]([Ti+2][C]2=CC=CC2)=C1.CC(C)[O-].CC(C)[O-]. The van der Waals surface area contributed by atoms with Crippen molar-refractivity contribution in [2.24, 2.45) is 0 Å². The van der Waals surface area contributed by atoms with Crippen molar-refractivity contribution in [2.45, 2.75) is 52.7 Å². The first-order valence-corrected chi connectivity index (χ1v) is 8.28. The molecule has 3 heteroatoms. The Labute approximate surface area is 126 Å². The van der Waals surface area contributed by atoms with Gasteiger partial charge in [0.15, 0.2) is 0 Å². The molecule has 0 aromatic heterocycles. The third-order valence-corrected chi connectivity index (χ3v) is 4.02. The van der Waals surface area contributed by atoms with E-state index in [-0.39, 0.29) is 19.2 Å². The van der Waals surface area contributed by atoms with Gasteiger partial charge in [0.25, 0.3) is 0 Å². The first-order valence-electron chi connectivity index (χ1n) is 6.72. The molecule has 19 heavy (non-hydrogen) atoms. The summed E-state index contributed by atoms with van der Waals surface area (Å²) in [5, 5.41) is 19.1. The Morgan fingerprint density at radius 3 is 1.37 bits per heavy atom. The predicted octanol–water partition coefficient (Wildman–Crippen LogP) is 2.27. The molecule has 104 valence electrons. The van der Waals surface area contributed by atoms with E-state index >= 15 is 0 Å². The van der Waals surface area contributed by atoms with Gasteiger partial charge >= 0.3 is 76.2 Å². The van der Waals surface area contributed by atoms with Gasteiger partial charge in [0.2, 0.25) is 0 Å². The fourth-order valence-corrected chi connectivity index (χ4v) is 3.18. The first-order chi connectivity index (χ1) is 8.91. The van der Waals surface area contributed by atoms with Crippen molar-refractivity contribution in [2.75, 3.05) is 0 Å². The second-order valence-electron chi connectivity index (χ2n) is 4.87. The van der Waals surface area contributed by atoms with Crippen molar-refractivity contribution in [3.8, 4) is 0 Å². The largest absolute Gasteiger partial charge is 0.852 e. The van der Waals surface area contributed by atoms with Gasteiger partial charge in [0, 0.05) is 0 Å². The number of hydrogen-bond donors (Lipinski definition) is 0. The maximum absolute atomic E-state index is 9.53. The Kier molecular flexibility index (Phi) is 11.2. The molecule has 0 N–H and O–H groups in total. The number of rotatable bonds is 2. The number of allylic oxidation sites excluding steroid dienone is 8. The minimum atomic E-state index is -0.417. The summed E-state index contributed by atoms with van der Waals surface area (Å²) in [4.78, 5) is 0. The molecule has 0 aromatic rings. The Morgan fingerprint density at radius 2 is 1.16 bits per heavy atom. The molecule has 0 aliphatic heterocycles. The zero-order chi connectivity index (χ0) is 14.7. The van der Waals surface area contributed by atoms with Crippen LogP contribution in [0.25, 0.3) is 0 Å². The van der Waals surface area contributed by atoms with Gasteiger partial charge in [-0.05, 0) is 0 Å². The molecule has 0 bridgehead atoms. The first kappa shape index (κ1) is 18.6. The molecule has 0 unspecified atom stereocenters. The summed E-state index contributed by atoms with van der Waals surface area (Å²) in [5.41, 5.74) is 0. The average molecular weight is 296 g/mol. The van der Waals surface area contributed by atoms with Crippen LogP contribution in [0.1, 0.15) is 40.5 Å². The molecule has 2 rings (SSSR count). The van der Waals surface area contributed by atoms with Gasteiger partial charge in [-0.15, -0.1) is 12.2 Å². The molecule has 2 nitrogen and oxygen atoms in total. The van der Waals surface area contributed by atoms with E-state index in [2.05, 4.69) is 36.5 Å². The predicted molar refractivity (Wildman–Crippen MR) is 74.0 cm³/mol. The van der Waals surface area contributed by atoms with Crippen LogP contribution in [0.15, 0.2) is 44.2 Å².